The van der Waals surface area contributed by atoms with Crippen molar-refractivity contribution in [3.8, 4) is 0 Å². The highest BCUT2D eigenvalue weighted by Crippen LogP contribution is 2.38. The molecule has 0 aliphatic carbocycles. The Labute approximate surface area is 238 Å². The molecule has 0 fully saturated rings. The number of quaternary nitrogens is 1. The van der Waals surface area contributed by atoms with Crippen molar-refractivity contribution in [2.75, 3.05) is 40.9 Å². The number of hydrogen-bond donors (Lipinski definition) is 2. The van der Waals surface area contributed by atoms with Crippen LogP contribution >= 0.6 is 7.82 Å². The van der Waals surface area contributed by atoms with E-state index in [2.05, 4.69) is 43.5 Å². The molecule has 39 heavy (non-hydrogen) atoms. The van der Waals surface area contributed by atoms with Gasteiger partial charge in [0.25, 0.3) is 7.82 Å². The molecule has 0 aromatic heterocycles. The largest absolute Gasteiger partial charge is 0.756 e. The molecule has 1 amide bonds. The van der Waals surface area contributed by atoms with Gasteiger partial charge in [0.1, 0.15) is 13.2 Å². The molecule has 0 saturated carbocycles. The van der Waals surface area contributed by atoms with Crippen molar-refractivity contribution in [3.63, 3.8) is 0 Å². The van der Waals surface area contributed by atoms with Crippen LogP contribution in [0.2, 0.25) is 0 Å². The fourth-order valence-electron chi connectivity index (χ4n) is 3.60. The Balaban J connectivity index is 4.78. The molecule has 3 unspecified atom stereocenters. The highest BCUT2D eigenvalue weighted by Gasteiger charge is 2.23. The van der Waals surface area contributed by atoms with Crippen LogP contribution in [0.3, 0.4) is 0 Å². The number of unbranched alkanes of at least 4 members (excludes halogenated alkanes) is 8. The molecule has 0 saturated heterocycles. The highest BCUT2D eigenvalue weighted by atomic mass is 31.2. The predicted molar refractivity (Wildman–Crippen MR) is 159 cm³/mol. The number of allylic oxidation sites excluding steroid dienone is 5. The summed E-state index contributed by atoms with van der Waals surface area (Å²) in [4.78, 5) is 24.8. The number of nitrogens with zero attached hydrogens (tertiary/aromatic N) is 1. The summed E-state index contributed by atoms with van der Waals surface area (Å²) >= 11 is 0. The van der Waals surface area contributed by atoms with E-state index in [1.807, 2.05) is 27.2 Å². The number of carbonyl (C=O) groups is 1. The maximum Gasteiger partial charge on any atom is 0.268 e. The summed E-state index contributed by atoms with van der Waals surface area (Å²) in [5.41, 5.74) is 0. The normalized spacial score (nSPS) is 15.8. The van der Waals surface area contributed by atoms with Crippen LogP contribution in [0.1, 0.15) is 97.3 Å². The Kier molecular flexibility index (Phi) is 22.7. The lowest BCUT2D eigenvalue weighted by Gasteiger charge is -2.29. The molecule has 3 atom stereocenters. The van der Waals surface area contributed by atoms with Gasteiger partial charge in [-0.05, 0) is 38.5 Å². The minimum absolute atomic E-state index is 0.00959. The lowest BCUT2D eigenvalue weighted by Crippen LogP contribution is -2.45. The third-order valence-electron chi connectivity index (χ3n) is 6.06. The van der Waals surface area contributed by atoms with Gasteiger partial charge in [-0.15, -0.1) is 0 Å². The minimum atomic E-state index is -4.57. The molecule has 8 nitrogen and oxygen atoms in total. The van der Waals surface area contributed by atoms with Gasteiger partial charge in [0.2, 0.25) is 5.91 Å². The minimum Gasteiger partial charge on any atom is -0.756 e. The van der Waals surface area contributed by atoms with Gasteiger partial charge < -0.3 is 28.8 Å². The van der Waals surface area contributed by atoms with Crippen molar-refractivity contribution in [2.24, 2.45) is 0 Å². The molecular formula is C30H57N2O6P. The summed E-state index contributed by atoms with van der Waals surface area (Å²) in [5.74, 6) is -0.228. The maximum absolute atomic E-state index is 12.5. The van der Waals surface area contributed by atoms with Gasteiger partial charge in [0.15, 0.2) is 0 Å². The maximum atomic E-state index is 12.5. The van der Waals surface area contributed by atoms with Crippen molar-refractivity contribution in [1.82, 2.24) is 5.32 Å². The zero-order valence-corrected chi connectivity index (χ0v) is 26.2. The molecule has 0 rings (SSSR count). The molecule has 0 aliphatic heterocycles. The van der Waals surface area contributed by atoms with Crippen LogP contribution in [0.4, 0.5) is 0 Å². The summed E-state index contributed by atoms with van der Waals surface area (Å²) in [6.45, 7) is 4.41. The quantitative estimate of drug-likeness (QED) is 0.0618. The van der Waals surface area contributed by atoms with Crippen LogP contribution in [0.25, 0.3) is 0 Å². The Morgan fingerprint density at radius 1 is 0.872 bits per heavy atom. The van der Waals surface area contributed by atoms with Crippen LogP contribution in [-0.2, 0) is 18.4 Å². The Bertz CT molecular complexity index is 748. The average molecular weight is 573 g/mol. The molecule has 228 valence electrons. The van der Waals surface area contributed by atoms with E-state index in [0.29, 0.717) is 17.4 Å². The molecule has 9 heteroatoms. The summed E-state index contributed by atoms with van der Waals surface area (Å²) in [7, 11) is 1.22. The van der Waals surface area contributed by atoms with Crippen LogP contribution in [0, 0.1) is 0 Å². The number of rotatable bonds is 25. The van der Waals surface area contributed by atoms with E-state index < -0.39 is 26.6 Å². The van der Waals surface area contributed by atoms with Crippen molar-refractivity contribution >= 4 is 13.7 Å². The van der Waals surface area contributed by atoms with Crippen LogP contribution < -0.4 is 10.2 Å². The SMILES string of the molecule is CCC/C=C/CC/C=C/CC/C=C/C(O)C(COP(=O)([O-])OCC[N+](C)(C)C)NC(=O)CCCCCCCC. The third kappa shape index (κ3) is 25.4. The average Bonchev–Trinajstić information content (AvgIpc) is 2.86. The Morgan fingerprint density at radius 3 is 2.03 bits per heavy atom. The van der Waals surface area contributed by atoms with E-state index in [-0.39, 0.29) is 12.5 Å². The zero-order chi connectivity index (χ0) is 29.4. The molecule has 0 heterocycles. The van der Waals surface area contributed by atoms with Crippen molar-refractivity contribution in [1.29, 1.82) is 0 Å². The van der Waals surface area contributed by atoms with E-state index in [0.717, 1.165) is 57.8 Å². The van der Waals surface area contributed by atoms with Crippen molar-refractivity contribution in [3.05, 3.63) is 36.5 Å². The van der Waals surface area contributed by atoms with Gasteiger partial charge >= 0.3 is 0 Å². The van der Waals surface area contributed by atoms with Gasteiger partial charge in [-0.25, -0.2) is 0 Å². The zero-order valence-electron chi connectivity index (χ0n) is 25.3. The van der Waals surface area contributed by atoms with Crippen LogP contribution in [-0.4, -0.2) is 68.5 Å². The van der Waals surface area contributed by atoms with Gasteiger partial charge in [0.05, 0.1) is 39.9 Å². The molecule has 0 aliphatic rings. The second-order valence-corrected chi connectivity index (χ2v) is 12.5. The van der Waals surface area contributed by atoms with E-state index in [4.69, 9.17) is 9.05 Å². The van der Waals surface area contributed by atoms with Gasteiger partial charge in [0, 0.05) is 6.42 Å². The fraction of sp³-hybridized carbons (Fsp3) is 0.767. The first-order valence-corrected chi connectivity index (χ1v) is 16.3. The molecule has 0 spiro atoms. The first-order valence-electron chi connectivity index (χ1n) is 14.9. The smallest absolute Gasteiger partial charge is 0.268 e. The Hall–Kier alpha value is -1.28. The van der Waals surface area contributed by atoms with Gasteiger partial charge in [-0.1, -0.05) is 88.8 Å². The second-order valence-electron chi connectivity index (χ2n) is 11.1. The van der Waals surface area contributed by atoms with Gasteiger partial charge in [-0.3, -0.25) is 9.36 Å². The number of nitrogens with one attached hydrogen (secondary N) is 1. The topological polar surface area (TPSA) is 108 Å². The highest BCUT2D eigenvalue weighted by molar-refractivity contribution is 7.45. The van der Waals surface area contributed by atoms with Crippen molar-refractivity contribution < 1.29 is 32.9 Å². The Morgan fingerprint density at radius 2 is 1.44 bits per heavy atom. The molecule has 0 aromatic carbocycles. The van der Waals surface area contributed by atoms with E-state index >= 15 is 0 Å². The fourth-order valence-corrected chi connectivity index (χ4v) is 4.32. The molecule has 2 N–H and O–H groups in total. The summed E-state index contributed by atoms with van der Waals surface area (Å²) in [6, 6.07) is -0.899. The number of phosphoric acid groups is 1. The first-order chi connectivity index (χ1) is 18.5. The number of aliphatic hydroxyl groups is 1. The second kappa shape index (κ2) is 23.4. The molecule has 0 bridgehead atoms. The third-order valence-corrected chi connectivity index (χ3v) is 7.03. The van der Waals surface area contributed by atoms with Crippen LogP contribution in [0.5, 0.6) is 0 Å². The number of aliphatic hydroxyl groups excluding tert-OH is 1. The monoisotopic (exact) mass is 572 g/mol. The standard InChI is InChI=1S/C30H57N2O6P/c1-6-8-10-12-14-15-16-17-18-19-21-23-29(33)28(31-30(34)24-22-20-13-11-9-7-2)27-38-39(35,36)37-26-25-32(3,4)5/h10,12,16-17,21,23,28-29,33H,6-9,11,13-15,18-20,22,24-27H2,1-5H3,(H-,31,34,35,36)/b12-10+,17-16+,23-21+. The lowest BCUT2D eigenvalue weighted by molar-refractivity contribution is -0.870. The summed E-state index contributed by atoms with van der Waals surface area (Å²) in [5, 5.41) is 13.5. The van der Waals surface area contributed by atoms with Crippen LogP contribution in [0.15, 0.2) is 36.5 Å². The van der Waals surface area contributed by atoms with Gasteiger partial charge in [-0.2, -0.15) is 0 Å². The molecule has 0 aromatic rings. The number of carbonyl (C=O) groups excluding carboxylic acids is 1. The lowest BCUT2D eigenvalue weighted by atomic mass is 10.1. The summed E-state index contributed by atoms with van der Waals surface area (Å²) < 4.78 is 22.8. The predicted octanol–water partition coefficient (Wildman–Crippen LogP) is 5.82. The number of likely N-dealkylation sites (N-methyl/N-ethyl adjacent to an activating group) is 1. The first kappa shape index (κ1) is 37.7. The van der Waals surface area contributed by atoms with E-state index in [1.165, 1.54) is 19.3 Å². The van der Waals surface area contributed by atoms with Crippen molar-refractivity contribution in [2.45, 2.75) is 109 Å². The number of phosphoric ester groups is 1. The number of hydrogen-bond acceptors (Lipinski definition) is 6. The van der Waals surface area contributed by atoms with E-state index in [9.17, 15) is 19.4 Å². The summed E-state index contributed by atoms with van der Waals surface area (Å²) in [6.07, 6.45) is 23.6. The molecular weight excluding hydrogens is 515 g/mol. The molecule has 0 radical (unpaired) electrons. The number of amides is 1. The van der Waals surface area contributed by atoms with E-state index in [1.54, 1.807) is 6.08 Å².